The Morgan fingerprint density at radius 3 is 2.92 bits per heavy atom. The van der Waals surface area contributed by atoms with E-state index >= 15 is 0 Å². The van der Waals surface area contributed by atoms with E-state index in [0.29, 0.717) is 12.0 Å². The summed E-state index contributed by atoms with van der Waals surface area (Å²) in [4.78, 5) is 8.55. The molecule has 1 saturated heterocycles. The molecular weight excluding hydrogens is 336 g/mol. The molecule has 1 aromatic carbocycles. The van der Waals surface area contributed by atoms with Gasteiger partial charge in [0.1, 0.15) is 0 Å². The Bertz CT molecular complexity index is 806. The van der Waals surface area contributed by atoms with E-state index in [1.54, 1.807) is 11.3 Å². The molecule has 2 aromatic heterocycles. The van der Waals surface area contributed by atoms with Gasteiger partial charge in [-0.15, -0.1) is 22.7 Å². The maximum Gasteiger partial charge on any atom is 0.0824 e. The van der Waals surface area contributed by atoms with E-state index in [0.717, 1.165) is 26.1 Å². The lowest BCUT2D eigenvalue weighted by Crippen LogP contribution is -2.52. The molecule has 0 spiro atoms. The van der Waals surface area contributed by atoms with Crippen molar-refractivity contribution >= 4 is 32.8 Å². The average molecular weight is 359 g/mol. The van der Waals surface area contributed by atoms with E-state index in [1.807, 2.05) is 24.0 Å². The number of benzene rings is 1. The fourth-order valence-electron chi connectivity index (χ4n) is 3.47. The van der Waals surface area contributed by atoms with Crippen LogP contribution in [0, 0.1) is 0 Å². The fourth-order valence-corrected chi connectivity index (χ4v) is 5.41. The smallest absolute Gasteiger partial charge is 0.0824 e. The van der Waals surface area contributed by atoms with Gasteiger partial charge >= 0.3 is 0 Å². The minimum absolute atomic E-state index is 0.352. The van der Waals surface area contributed by atoms with Gasteiger partial charge in [-0.2, -0.15) is 0 Å². The molecule has 1 atom stereocenters. The minimum atomic E-state index is 0.352. The van der Waals surface area contributed by atoms with Gasteiger partial charge < -0.3 is 4.74 Å². The van der Waals surface area contributed by atoms with Gasteiger partial charge in [0, 0.05) is 47.6 Å². The summed E-state index contributed by atoms with van der Waals surface area (Å²) in [5.74, 6) is 0.352. The number of rotatable bonds is 6. The predicted octanol–water partition coefficient (Wildman–Crippen LogP) is 4.38. The second-order valence-corrected chi connectivity index (χ2v) is 8.29. The highest BCUT2D eigenvalue weighted by Gasteiger charge is 2.27. The SMILES string of the molecule is COC1CN(CCc2sc3ccccc3c2C(C)c2cscn2)C1. The number of nitrogens with zero attached hydrogens (tertiary/aromatic N) is 2. The van der Waals surface area contributed by atoms with Gasteiger partial charge in [-0.05, 0) is 23.4 Å². The van der Waals surface area contributed by atoms with Crippen LogP contribution in [0.5, 0.6) is 0 Å². The van der Waals surface area contributed by atoms with Crippen LogP contribution in [0.15, 0.2) is 35.2 Å². The highest BCUT2D eigenvalue weighted by molar-refractivity contribution is 7.19. The Morgan fingerprint density at radius 2 is 2.17 bits per heavy atom. The Hall–Kier alpha value is -1.27. The number of hydrogen-bond acceptors (Lipinski definition) is 5. The van der Waals surface area contributed by atoms with Crippen LogP contribution < -0.4 is 0 Å². The molecule has 3 aromatic rings. The van der Waals surface area contributed by atoms with Gasteiger partial charge in [-0.3, -0.25) is 4.90 Å². The zero-order chi connectivity index (χ0) is 16.5. The first-order valence-corrected chi connectivity index (χ1v) is 10.2. The van der Waals surface area contributed by atoms with E-state index in [2.05, 4.69) is 46.5 Å². The van der Waals surface area contributed by atoms with Crippen molar-refractivity contribution in [1.82, 2.24) is 9.88 Å². The number of aromatic nitrogens is 1. The summed E-state index contributed by atoms with van der Waals surface area (Å²) >= 11 is 3.63. The quantitative estimate of drug-likeness (QED) is 0.654. The summed E-state index contributed by atoms with van der Waals surface area (Å²) in [7, 11) is 1.81. The molecule has 4 rings (SSSR count). The first kappa shape index (κ1) is 16.2. The fraction of sp³-hybridized carbons (Fsp3) is 0.421. The molecule has 3 heterocycles. The Morgan fingerprint density at radius 1 is 1.33 bits per heavy atom. The van der Waals surface area contributed by atoms with Crippen molar-refractivity contribution < 1.29 is 4.74 Å². The van der Waals surface area contributed by atoms with Crippen LogP contribution in [0.2, 0.25) is 0 Å². The summed E-state index contributed by atoms with van der Waals surface area (Å²) in [6.45, 7) is 5.54. The molecule has 0 saturated carbocycles. The lowest BCUT2D eigenvalue weighted by molar-refractivity contribution is -0.0284. The Labute approximate surface area is 150 Å². The predicted molar refractivity (Wildman–Crippen MR) is 102 cm³/mol. The highest BCUT2D eigenvalue weighted by Crippen LogP contribution is 2.39. The third-order valence-corrected chi connectivity index (χ3v) is 6.80. The highest BCUT2D eigenvalue weighted by atomic mass is 32.1. The number of ether oxygens (including phenoxy) is 1. The van der Waals surface area contributed by atoms with Crippen molar-refractivity contribution in [2.24, 2.45) is 0 Å². The number of likely N-dealkylation sites (tertiary alicyclic amines) is 1. The van der Waals surface area contributed by atoms with Crippen molar-refractivity contribution in [1.29, 1.82) is 0 Å². The van der Waals surface area contributed by atoms with E-state index in [1.165, 1.54) is 26.2 Å². The molecule has 1 aliphatic heterocycles. The van der Waals surface area contributed by atoms with Gasteiger partial charge in [0.25, 0.3) is 0 Å². The molecule has 0 amide bonds. The number of methoxy groups -OCH3 is 1. The van der Waals surface area contributed by atoms with Crippen LogP contribution in [0.4, 0.5) is 0 Å². The zero-order valence-electron chi connectivity index (χ0n) is 14.1. The topological polar surface area (TPSA) is 25.4 Å². The second kappa shape index (κ2) is 6.92. The molecule has 1 fully saturated rings. The molecule has 5 heteroatoms. The third kappa shape index (κ3) is 3.02. The molecule has 0 N–H and O–H groups in total. The molecular formula is C19H22N2OS2. The number of thiazole rings is 1. The molecule has 24 heavy (non-hydrogen) atoms. The second-order valence-electron chi connectivity index (χ2n) is 6.44. The number of hydrogen-bond donors (Lipinski definition) is 0. The Kier molecular flexibility index (Phi) is 4.68. The first-order valence-electron chi connectivity index (χ1n) is 8.39. The molecule has 0 bridgehead atoms. The maximum absolute atomic E-state index is 5.38. The van der Waals surface area contributed by atoms with Crippen LogP contribution in [0.3, 0.4) is 0 Å². The summed E-state index contributed by atoms with van der Waals surface area (Å²) in [5.41, 5.74) is 4.60. The minimum Gasteiger partial charge on any atom is -0.379 e. The van der Waals surface area contributed by atoms with Crippen molar-refractivity contribution in [3.05, 3.63) is 51.3 Å². The van der Waals surface area contributed by atoms with E-state index in [4.69, 9.17) is 4.74 Å². The summed E-state index contributed by atoms with van der Waals surface area (Å²) in [6, 6.07) is 8.79. The van der Waals surface area contributed by atoms with Gasteiger partial charge in [0.2, 0.25) is 0 Å². The summed E-state index contributed by atoms with van der Waals surface area (Å²) < 4.78 is 6.77. The normalized spacial score (nSPS) is 17.2. The maximum atomic E-state index is 5.38. The van der Waals surface area contributed by atoms with E-state index in [-0.39, 0.29) is 0 Å². The molecule has 3 nitrogen and oxygen atoms in total. The van der Waals surface area contributed by atoms with Gasteiger partial charge in [-0.1, -0.05) is 25.1 Å². The lowest BCUT2D eigenvalue weighted by Gasteiger charge is -2.38. The van der Waals surface area contributed by atoms with E-state index < -0.39 is 0 Å². The van der Waals surface area contributed by atoms with Crippen molar-refractivity contribution in [2.75, 3.05) is 26.7 Å². The summed E-state index contributed by atoms with van der Waals surface area (Å²) in [6.07, 6.45) is 1.54. The van der Waals surface area contributed by atoms with Crippen LogP contribution >= 0.6 is 22.7 Å². The molecule has 126 valence electrons. The lowest BCUT2D eigenvalue weighted by atomic mass is 9.94. The molecule has 1 unspecified atom stereocenters. The first-order chi connectivity index (χ1) is 11.8. The van der Waals surface area contributed by atoms with Gasteiger partial charge in [-0.25, -0.2) is 4.98 Å². The van der Waals surface area contributed by atoms with Crippen LogP contribution in [-0.4, -0.2) is 42.7 Å². The number of thiophene rings is 1. The largest absolute Gasteiger partial charge is 0.379 e. The van der Waals surface area contributed by atoms with Crippen LogP contribution in [0.1, 0.15) is 29.0 Å². The van der Waals surface area contributed by atoms with Gasteiger partial charge in [0.15, 0.2) is 0 Å². The van der Waals surface area contributed by atoms with E-state index in [9.17, 15) is 0 Å². The molecule has 1 aliphatic rings. The zero-order valence-corrected chi connectivity index (χ0v) is 15.7. The van der Waals surface area contributed by atoms with Gasteiger partial charge in [0.05, 0.1) is 17.3 Å². The van der Waals surface area contributed by atoms with Crippen LogP contribution in [-0.2, 0) is 11.2 Å². The third-order valence-electron chi connectivity index (χ3n) is 4.95. The Balaban J connectivity index is 1.61. The number of fused-ring (bicyclic) bond motifs is 1. The van der Waals surface area contributed by atoms with Crippen molar-refractivity contribution in [2.45, 2.75) is 25.4 Å². The average Bonchev–Trinajstić information content (AvgIpc) is 3.20. The standard InChI is InChI=1S/C19H22N2OS2/c1-13(16-11-23-12-20-16)19-15-5-3-4-6-17(15)24-18(19)7-8-21-9-14(10-21)22-2/h3-6,11-14H,7-10H2,1-2H3. The molecule has 0 aliphatic carbocycles. The van der Waals surface area contributed by atoms with Crippen molar-refractivity contribution in [3.8, 4) is 0 Å². The van der Waals surface area contributed by atoms with Crippen LogP contribution in [0.25, 0.3) is 10.1 Å². The summed E-state index contributed by atoms with van der Waals surface area (Å²) in [5, 5.41) is 3.58. The van der Waals surface area contributed by atoms with Crippen molar-refractivity contribution in [3.63, 3.8) is 0 Å². The molecule has 0 radical (unpaired) electrons. The monoisotopic (exact) mass is 358 g/mol.